The Morgan fingerprint density at radius 1 is 1.43 bits per heavy atom. The summed E-state index contributed by atoms with van der Waals surface area (Å²) in [6.07, 6.45) is 2.71. The van der Waals surface area contributed by atoms with Gasteiger partial charge >= 0.3 is 0 Å². The fourth-order valence-electron chi connectivity index (χ4n) is 2.53. The van der Waals surface area contributed by atoms with Crippen LogP contribution in [-0.4, -0.2) is 43.2 Å². The van der Waals surface area contributed by atoms with Crippen LogP contribution in [0.15, 0.2) is 30.3 Å². The molecule has 1 fully saturated rings. The Kier molecular flexibility index (Phi) is 6.21. The molecule has 4 heteroatoms. The van der Waals surface area contributed by atoms with E-state index in [9.17, 15) is 4.79 Å². The minimum atomic E-state index is 0.0989. The van der Waals surface area contributed by atoms with Crippen LogP contribution < -0.4 is 5.32 Å². The largest absolute Gasteiger partial charge is 0.378 e. The summed E-state index contributed by atoms with van der Waals surface area (Å²) in [4.78, 5) is 14.1. The third-order valence-corrected chi connectivity index (χ3v) is 4.06. The van der Waals surface area contributed by atoms with Crippen molar-refractivity contribution in [1.82, 2.24) is 10.2 Å². The standard InChI is InChI=1S/C17H26N2O2/c1-14(19(2)13-15-7-4-3-5-8-15)12-18-17(20)11-16-9-6-10-21-16/h3-5,7-8,14,16H,6,9-13H2,1-2H3,(H,18,20)/t14-,16-/m0/s1. The molecule has 1 aromatic carbocycles. The van der Waals surface area contributed by atoms with Crippen LogP contribution in [0.2, 0.25) is 0 Å². The fraction of sp³-hybridized carbons (Fsp3) is 0.588. The first-order chi connectivity index (χ1) is 10.1. The van der Waals surface area contributed by atoms with Crippen molar-refractivity contribution in [2.45, 2.75) is 44.9 Å². The van der Waals surface area contributed by atoms with E-state index in [0.717, 1.165) is 26.0 Å². The Bertz CT molecular complexity index is 430. The summed E-state index contributed by atoms with van der Waals surface area (Å²) >= 11 is 0. The number of hydrogen-bond acceptors (Lipinski definition) is 3. The second-order valence-corrected chi connectivity index (χ2v) is 5.89. The zero-order valence-corrected chi connectivity index (χ0v) is 13.0. The monoisotopic (exact) mass is 290 g/mol. The normalized spacial score (nSPS) is 19.7. The van der Waals surface area contributed by atoms with Gasteiger partial charge in [-0.1, -0.05) is 30.3 Å². The number of ether oxygens (including phenoxy) is 1. The topological polar surface area (TPSA) is 41.6 Å². The Hall–Kier alpha value is -1.39. The molecule has 0 aliphatic carbocycles. The molecule has 4 nitrogen and oxygen atoms in total. The molecule has 1 N–H and O–H groups in total. The van der Waals surface area contributed by atoms with E-state index < -0.39 is 0 Å². The van der Waals surface area contributed by atoms with Crippen LogP contribution >= 0.6 is 0 Å². The van der Waals surface area contributed by atoms with Gasteiger partial charge in [0.05, 0.1) is 12.5 Å². The molecule has 0 unspecified atom stereocenters. The van der Waals surface area contributed by atoms with Crippen LogP contribution in [0.3, 0.4) is 0 Å². The maximum absolute atomic E-state index is 11.9. The first-order valence-electron chi connectivity index (χ1n) is 7.77. The quantitative estimate of drug-likeness (QED) is 0.837. The summed E-state index contributed by atoms with van der Waals surface area (Å²) in [5, 5.41) is 3.02. The van der Waals surface area contributed by atoms with Gasteiger partial charge in [0.2, 0.25) is 5.91 Å². The van der Waals surface area contributed by atoms with Gasteiger partial charge in [-0.25, -0.2) is 0 Å². The van der Waals surface area contributed by atoms with Crippen molar-refractivity contribution >= 4 is 5.91 Å². The SMILES string of the molecule is C[C@@H](CNC(=O)C[C@@H]1CCCO1)N(C)Cc1ccccc1. The molecule has 0 spiro atoms. The molecule has 0 radical (unpaired) electrons. The van der Waals surface area contributed by atoms with Crippen LogP contribution in [0.25, 0.3) is 0 Å². The number of benzene rings is 1. The van der Waals surface area contributed by atoms with Gasteiger partial charge in [-0.3, -0.25) is 9.69 Å². The molecular formula is C17H26N2O2. The third-order valence-electron chi connectivity index (χ3n) is 4.06. The highest BCUT2D eigenvalue weighted by Crippen LogP contribution is 2.14. The second-order valence-electron chi connectivity index (χ2n) is 5.89. The van der Waals surface area contributed by atoms with Crippen molar-refractivity contribution < 1.29 is 9.53 Å². The van der Waals surface area contributed by atoms with Gasteiger partial charge in [-0.05, 0) is 32.4 Å². The Labute approximate surface area is 127 Å². The molecule has 0 bridgehead atoms. The lowest BCUT2D eigenvalue weighted by Crippen LogP contribution is -2.40. The molecule has 0 aromatic heterocycles. The minimum absolute atomic E-state index is 0.0989. The maximum atomic E-state index is 11.9. The highest BCUT2D eigenvalue weighted by Gasteiger charge is 2.19. The molecule has 2 atom stereocenters. The lowest BCUT2D eigenvalue weighted by atomic mass is 10.1. The van der Waals surface area contributed by atoms with E-state index in [1.165, 1.54) is 5.56 Å². The maximum Gasteiger partial charge on any atom is 0.222 e. The molecule has 116 valence electrons. The minimum Gasteiger partial charge on any atom is -0.378 e. The van der Waals surface area contributed by atoms with Gasteiger partial charge in [0, 0.05) is 25.7 Å². The van der Waals surface area contributed by atoms with Crippen LogP contribution in [-0.2, 0) is 16.1 Å². The summed E-state index contributed by atoms with van der Waals surface area (Å²) in [7, 11) is 2.09. The van der Waals surface area contributed by atoms with Crippen molar-refractivity contribution in [2.75, 3.05) is 20.2 Å². The van der Waals surface area contributed by atoms with E-state index in [-0.39, 0.29) is 12.0 Å². The van der Waals surface area contributed by atoms with E-state index in [2.05, 4.69) is 48.5 Å². The predicted molar refractivity (Wildman–Crippen MR) is 84.0 cm³/mol. The van der Waals surface area contributed by atoms with Gasteiger partial charge in [0.25, 0.3) is 0 Å². The molecule has 1 aliphatic heterocycles. The zero-order valence-electron chi connectivity index (χ0n) is 13.0. The third kappa shape index (κ3) is 5.48. The van der Waals surface area contributed by atoms with E-state index in [4.69, 9.17) is 4.74 Å². The van der Waals surface area contributed by atoms with Gasteiger partial charge in [0.15, 0.2) is 0 Å². The Morgan fingerprint density at radius 2 is 2.19 bits per heavy atom. The number of amides is 1. The number of carbonyl (C=O) groups is 1. The van der Waals surface area contributed by atoms with Crippen molar-refractivity contribution in [3.8, 4) is 0 Å². The van der Waals surface area contributed by atoms with Crippen LogP contribution in [0, 0.1) is 0 Å². The summed E-state index contributed by atoms with van der Waals surface area (Å²) in [6, 6.07) is 10.7. The number of rotatable bonds is 7. The van der Waals surface area contributed by atoms with E-state index >= 15 is 0 Å². The molecule has 1 amide bonds. The van der Waals surface area contributed by atoms with Crippen LogP contribution in [0.5, 0.6) is 0 Å². The zero-order chi connectivity index (χ0) is 15.1. The molecule has 1 heterocycles. The van der Waals surface area contributed by atoms with E-state index in [0.29, 0.717) is 19.0 Å². The molecule has 2 rings (SSSR count). The van der Waals surface area contributed by atoms with Gasteiger partial charge in [-0.2, -0.15) is 0 Å². The lowest BCUT2D eigenvalue weighted by Gasteiger charge is -2.25. The lowest BCUT2D eigenvalue weighted by molar-refractivity contribution is -0.123. The highest BCUT2D eigenvalue weighted by atomic mass is 16.5. The molecule has 1 saturated heterocycles. The average molecular weight is 290 g/mol. The van der Waals surface area contributed by atoms with Crippen LogP contribution in [0.1, 0.15) is 31.7 Å². The van der Waals surface area contributed by atoms with Crippen molar-refractivity contribution in [1.29, 1.82) is 0 Å². The second kappa shape index (κ2) is 8.15. The fourth-order valence-corrected chi connectivity index (χ4v) is 2.53. The Morgan fingerprint density at radius 3 is 2.86 bits per heavy atom. The van der Waals surface area contributed by atoms with Gasteiger partial charge in [0.1, 0.15) is 0 Å². The number of hydrogen-bond donors (Lipinski definition) is 1. The predicted octanol–water partition coefficient (Wildman–Crippen LogP) is 2.19. The summed E-state index contributed by atoms with van der Waals surface area (Å²) in [5.41, 5.74) is 1.29. The van der Waals surface area contributed by atoms with Crippen molar-refractivity contribution in [3.05, 3.63) is 35.9 Å². The van der Waals surface area contributed by atoms with Gasteiger partial charge in [-0.15, -0.1) is 0 Å². The number of carbonyl (C=O) groups excluding carboxylic acids is 1. The van der Waals surface area contributed by atoms with Crippen molar-refractivity contribution in [3.63, 3.8) is 0 Å². The van der Waals surface area contributed by atoms with E-state index in [1.807, 2.05) is 6.07 Å². The molecule has 21 heavy (non-hydrogen) atoms. The number of nitrogens with zero attached hydrogens (tertiary/aromatic N) is 1. The first-order valence-corrected chi connectivity index (χ1v) is 7.77. The van der Waals surface area contributed by atoms with Crippen LogP contribution in [0.4, 0.5) is 0 Å². The molecule has 1 aromatic rings. The smallest absolute Gasteiger partial charge is 0.222 e. The highest BCUT2D eigenvalue weighted by molar-refractivity contribution is 5.76. The van der Waals surface area contributed by atoms with Gasteiger partial charge < -0.3 is 10.1 Å². The average Bonchev–Trinajstić information content (AvgIpc) is 2.98. The molecular weight excluding hydrogens is 264 g/mol. The van der Waals surface area contributed by atoms with Crippen molar-refractivity contribution in [2.24, 2.45) is 0 Å². The summed E-state index contributed by atoms with van der Waals surface area (Å²) in [5.74, 6) is 0.0989. The number of likely N-dealkylation sites (N-methyl/N-ethyl adjacent to an activating group) is 1. The molecule has 0 saturated carbocycles. The first kappa shape index (κ1) is 16.0. The molecule has 1 aliphatic rings. The summed E-state index contributed by atoms with van der Waals surface area (Å²) in [6.45, 7) is 4.50. The summed E-state index contributed by atoms with van der Waals surface area (Å²) < 4.78 is 5.49. The number of nitrogens with one attached hydrogen (secondary N) is 1. The Balaban J connectivity index is 1.68. The van der Waals surface area contributed by atoms with E-state index in [1.54, 1.807) is 0 Å².